The first kappa shape index (κ1) is 20.7. The number of para-hydroxylation sites is 1. The van der Waals surface area contributed by atoms with Crippen LogP contribution in [0.1, 0.15) is 84.5 Å². The lowest BCUT2D eigenvalue weighted by atomic mass is 9.86. The molecule has 1 saturated carbocycles. The molecular formula is C23H34O3. The number of ether oxygens (including phenoxy) is 1. The number of rotatable bonds is 7. The second-order valence-electron chi connectivity index (χ2n) is 8.06. The monoisotopic (exact) mass is 358 g/mol. The SMILES string of the molecule is CC(C)(Oc1ccccc1)C(=O)CCC(=O)C1CCCCCCCCC1. The predicted octanol–water partition coefficient (Wildman–Crippen LogP) is 5.90. The lowest BCUT2D eigenvalue weighted by Gasteiger charge is -2.25. The van der Waals surface area contributed by atoms with Crippen molar-refractivity contribution in [2.24, 2.45) is 5.92 Å². The molecule has 144 valence electrons. The molecule has 0 bridgehead atoms. The number of hydrogen-bond donors (Lipinski definition) is 0. The number of Topliss-reactive ketones (excluding diaryl/α,β-unsaturated/α-hetero) is 2. The van der Waals surface area contributed by atoms with Gasteiger partial charge in [-0.05, 0) is 38.8 Å². The van der Waals surface area contributed by atoms with Crippen LogP contribution >= 0.6 is 0 Å². The van der Waals surface area contributed by atoms with Crippen molar-refractivity contribution in [3.8, 4) is 5.75 Å². The van der Waals surface area contributed by atoms with Crippen molar-refractivity contribution in [2.45, 2.75) is 90.1 Å². The maximum atomic E-state index is 12.7. The van der Waals surface area contributed by atoms with Gasteiger partial charge in [-0.1, -0.05) is 63.1 Å². The van der Waals surface area contributed by atoms with Crippen LogP contribution in [-0.2, 0) is 9.59 Å². The third-order valence-corrected chi connectivity index (χ3v) is 5.45. The van der Waals surface area contributed by atoms with Crippen LogP contribution in [0, 0.1) is 5.92 Å². The van der Waals surface area contributed by atoms with Crippen molar-refractivity contribution in [1.29, 1.82) is 0 Å². The molecule has 0 saturated heterocycles. The Morgan fingerprint density at radius 3 is 2.00 bits per heavy atom. The van der Waals surface area contributed by atoms with E-state index in [2.05, 4.69) is 0 Å². The molecule has 0 spiro atoms. The number of benzene rings is 1. The summed E-state index contributed by atoms with van der Waals surface area (Å²) in [6.07, 6.45) is 11.3. The van der Waals surface area contributed by atoms with Crippen molar-refractivity contribution in [2.75, 3.05) is 0 Å². The van der Waals surface area contributed by atoms with Gasteiger partial charge in [0, 0.05) is 18.8 Å². The molecule has 26 heavy (non-hydrogen) atoms. The molecule has 0 radical (unpaired) electrons. The quantitative estimate of drug-likeness (QED) is 0.609. The smallest absolute Gasteiger partial charge is 0.176 e. The highest BCUT2D eigenvalue weighted by Gasteiger charge is 2.30. The molecule has 0 aliphatic heterocycles. The molecule has 1 aromatic rings. The Labute approximate surface area is 158 Å². The zero-order valence-corrected chi connectivity index (χ0v) is 16.5. The summed E-state index contributed by atoms with van der Waals surface area (Å²) in [7, 11) is 0. The third kappa shape index (κ3) is 6.93. The fraction of sp³-hybridized carbons (Fsp3) is 0.652. The van der Waals surface area contributed by atoms with Crippen molar-refractivity contribution >= 4 is 11.6 Å². The molecule has 0 atom stereocenters. The predicted molar refractivity (Wildman–Crippen MR) is 105 cm³/mol. The van der Waals surface area contributed by atoms with Crippen LogP contribution in [0.15, 0.2) is 30.3 Å². The molecule has 0 amide bonds. The van der Waals surface area contributed by atoms with Crippen LogP contribution in [-0.4, -0.2) is 17.2 Å². The summed E-state index contributed by atoms with van der Waals surface area (Å²) in [5.41, 5.74) is -0.905. The van der Waals surface area contributed by atoms with Gasteiger partial charge < -0.3 is 4.74 Å². The molecule has 0 unspecified atom stereocenters. The molecule has 0 heterocycles. The van der Waals surface area contributed by atoms with Gasteiger partial charge in [-0.3, -0.25) is 9.59 Å². The molecule has 3 nitrogen and oxygen atoms in total. The highest BCUT2D eigenvalue weighted by atomic mass is 16.5. The van der Waals surface area contributed by atoms with Crippen LogP contribution in [0.25, 0.3) is 0 Å². The maximum absolute atomic E-state index is 12.7. The standard InChI is InChI=1S/C23H34O3/c1-23(2,26-20-15-11-8-12-16-20)22(25)18-17-21(24)19-13-9-6-4-3-5-7-10-14-19/h8,11-12,15-16,19H,3-7,9-10,13-14,17-18H2,1-2H3. The highest BCUT2D eigenvalue weighted by molar-refractivity contribution is 5.91. The topological polar surface area (TPSA) is 43.4 Å². The van der Waals surface area contributed by atoms with Gasteiger partial charge in [0.2, 0.25) is 0 Å². The minimum absolute atomic E-state index is 0.00503. The van der Waals surface area contributed by atoms with Gasteiger partial charge in [0.05, 0.1) is 0 Å². The Morgan fingerprint density at radius 2 is 1.42 bits per heavy atom. The summed E-state index contributed by atoms with van der Waals surface area (Å²) in [6.45, 7) is 3.58. The van der Waals surface area contributed by atoms with Gasteiger partial charge in [-0.15, -0.1) is 0 Å². The van der Waals surface area contributed by atoms with Crippen LogP contribution in [0.2, 0.25) is 0 Å². The van der Waals surface area contributed by atoms with Crippen LogP contribution in [0.4, 0.5) is 0 Å². The molecule has 2 rings (SSSR count). The molecular weight excluding hydrogens is 324 g/mol. The minimum Gasteiger partial charge on any atom is -0.480 e. The highest BCUT2D eigenvalue weighted by Crippen LogP contribution is 2.25. The fourth-order valence-electron chi connectivity index (χ4n) is 3.71. The average molecular weight is 359 g/mol. The van der Waals surface area contributed by atoms with E-state index in [0.29, 0.717) is 12.2 Å². The Kier molecular flexibility index (Phi) is 8.34. The van der Waals surface area contributed by atoms with E-state index in [1.807, 2.05) is 30.3 Å². The Morgan fingerprint density at radius 1 is 0.885 bits per heavy atom. The summed E-state index contributed by atoms with van der Waals surface area (Å²) in [5.74, 6) is 1.10. The van der Waals surface area contributed by atoms with E-state index in [-0.39, 0.29) is 23.9 Å². The van der Waals surface area contributed by atoms with Crippen LogP contribution in [0.3, 0.4) is 0 Å². The van der Waals surface area contributed by atoms with Crippen LogP contribution in [0.5, 0.6) is 5.75 Å². The van der Waals surface area contributed by atoms with Crippen molar-refractivity contribution in [1.82, 2.24) is 0 Å². The Hall–Kier alpha value is -1.64. The van der Waals surface area contributed by atoms with Crippen LogP contribution < -0.4 is 4.74 Å². The number of hydrogen-bond acceptors (Lipinski definition) is 3. The van der Waals surface area contributed by atoms with E-state index < -0.39 is 5.60 Å². The van der Waals surface area contributed by atoms with E-state index in [1.54, 1.807) is 13.8 Å². The lowest BCUT2D eigenvalue weighted by Crippen LogP contribution is -2.38. The van der Waals surface area contributed by atoms with Crippen molar-refractivity contribution in [3.63, 3.8) is 0 Å². The summed E-state index contributed by atoms with van der Waals surface area (Å²) in [4.78, 5) is 25.3. The van der Waals surface area contributed by atoms with Crippen molar-refractivity contribution < 1.29 is 14.3 Å². The number of carbonyl (C=O) groups excluding carboxylic acids is 2. The summed E-state index contributed by atoms with van der Waals surface area (Å²) in [6, 6.07) is 9.39. The van der Waals surface area contributed by atoms with E-state index in [4.69, 9.17) is 4.74 Å². The second-order valence-corrected chi connectivity index (χ2v) is 8.06. The molecule has 1 fully saturated rings. The van der Waals surface area contributed by atoms with E-state index in [0.717, 1.165) is 25.7 Å². The fourth-order valence-corrected chi connectivity index (χ4v) is 3.71. The molecule has 3 heteroatoms. The number of ketones is 2. The summed E-state index contributed by atoms with van der Waals surface area (Å²) < 4.78 is 5.85. The zero-order valence-electron chi connectivity index (χ0n) is 16.5. The lowest BCUT2D eigenvalue weighted by molar-refractivity contribution is -0.134. The molecule has 1 aromatic carbocycles. The molecule has 0 aromatic heterocycles. The Balaban J connectivity index is 1.83. The van der Waals surface area contributed by atoms with Gasteiger partial charge in [0.1, 0.15) is 11.5 Å². The summed E-state index contributed by atoms with van der Waals surface area (Å²) >= 11 is 0. The first-order chi connectivity index (χ1) is 12.5. The minimum atomic E-state index is -0.905. The second kappa shape index (κ2) is 10.5. The van der Waals surface area contributed by atoms with Gasteiger partial charge >= 0.3 is 0 Å². The number of carbonyl (C=O) groups is 2. The Bertz CT molecular complexity index is 552. The first-order valence-electron chi connectivity index (χ1n) is 10.3. The zero-order chi connectivity index (χ0) is 18.8. The van der Waals surface area contributed by atoms with Gasteiger partial charge in [-0.2, -0.15) is 0 Å². The molecule has 1 aliphatic rings. The van der Waals surface area contributed by atoms with Gasteiger partial charge in [0.25, 0.3) is 0 Å². The largest absolute Gasteiger partial charge is 0.480 e. The first-order valence-corrected chi connectivity index (χ1v) is 10.3. The van der Waals surface area contributed by atoms with E-state index >= 15 is 0 Å². The maximum Gasteiger partial charge on any atom is 0.176 e. The molecule has 0 N–H and O–H groups in total. The average Bonchev–Trinajstić information content (AvgIpc) is 2.64. The third-order valence-electron chi connectivity index (χ3n) is 5.45. The van der Waals surface area contributed by atoms with Crippen molar-refractivity contribution in [3.05, 3.63) is 30.3 Å². The molecule has 1 aliphatic carbocycles. The normalized spacial score (nSPS) is 17.5. The van der Waals surface area contributed by atoms with E-state index in [9.17, 15) is 9.59 Å². The van der Waals surface area contributed by atoms with Gasteiger partial charge in [0.15, 0.2) is 11.4 Å². The van der Waals surface area contributed by atoms with E-state index in [1.165, 1.54) is 32.1 Å². The summed E-state index contributed by atoms with van der Waals surface area (Å²) in [5, 5.41) is 0. The van der Waals surface area contributed by atoms with Gasteiger partial charge in [-0.25, -0.2) is 0 Å².